The van der Waals surface area contributed by atoms with Gasteiger partial charge in [0.2, 0.25) is 0 Å². The van der Waals surface area contributed by atoms with E-state index in [2.05, 4.69) is 5.16 Å². The highest BCUT2D eigenvalue weighted by Gasteiger charge is 2.70. The van der Waals surface area contributed by atoms with Crippen molar-refractivity contribution in [2.75, 3.05) is 7.11 Å². The van der Waals surface area contributed by atoms with E-state index in [0.717, 1.165) is 0 Å². The SMILES string of the molecule is COc1ccc(C(C#N)=NOS(=O)(=O)C2C(=O)C3(C)CCC2C3(C)C)cc1. The van der Waals surface area contributed by atoms with Crippen LogP contribution < -0.4 is 4.74 Å². The Morgan fingerprint density at radius 3 is 2.37 bits per heavy atom. The number of carbonyl (C=O) groups excluding carboxylic acids is 1. The van der Waals surface area contributed by atoms with Crippen LogP contribution in [0.2, 0.25) is 0 Å². The van der Waals surface area contributed by atoms with Gasteiger partial charge in [-0.25, -0.2) is 0 Å². The summed E-state index contributed by atoms with van der Waals surface area (Å²) >= 11 is 0. The number of ketones is 1. The van der Waals surface area contributed by atoms with Gasteiger partial charge in [-0.15, -0.1) is 0 Å². The van der Waals surface area contributed by atoms with Crippen molar-refractivity contribution in [3.05, 3.63) is 29.8 Å². The molecule has 3 rings (SSSR count). The largest absolute Gasteiger partial charge is 0.497 e. The van der Waals surface area contributed by atoms with E-state index in [1.807, 2.05) is 26.8 Å². The van der Waals surface area contributed by atoms with Crippen molar-refractivity contribution in [3.8, 4) is 11.8 Å². The summed E-state index contributed by atoms with van der Waals surface area (Å²) < 4.78 is 35.3. The molecule has 3 atom stereocenters. The molecule has 0 spiro atoms. The summed E-state index contributed by atoms with van der Waals surface area (Å²) in [4.78, 5) is 12.8. The Kier molecular flexibility index (Phi) is 4.55. The number of Topliss-reactive ketones (excluding diaryl/α,β-unsaturated/α-hetero) is 1. The average molecular weight is 390 g/mol. The first kappa shape index (κ1) is 19.4. The predicted molar refractivity (Wildman–Crippen MR) is 98.6 cm³/mol. The zero-order chi connectivity index (χ0) is 20.0. The highest BCUT2D eigenvalue weighted by atomic mass is 32.2. The van der Waals surface area contributed by atoms with Crippen LogP contribution in [0, 0.1) is 28.1 Å². The van der Waals surface area contributed by atoms with Crippen LogP contribution >= 0.6 is 0 Å². The Bertz CT molecular complexity index is 943. The summed E-state index contributed by atoms with van der Waals surface area (Å²) in [7, 11) is -2.78. The van der Waals surface area contributed by atoms with Crippen LogP contribution in [0.25, 0.3) is 0 Å². The van der Waals surface area contributed by atoms with Gasteiger partial charge in [-0.3, -0.25) is 9.08 Å². The van der Waals surface area contributed by atoms with E-state index >= 15 is 0 Å². The molecule has 0 aromatic heterocycles. The first-order valence-corrected chi connectivity index (χ1v) is 10.1. The maximum absolute atomic E-state index is 12.8. The first-order valence-electron chi connectivity index (χ1n) is 8.68. The maximum Gasteiger partial charge on any atom is 0.338 e. The van der Waals surface area contributed by atoms with Gasteiger partial charge in [-0.1, -0.05) is 25.9 Å². The molecule has 2 fully saturated rings. The van der Waals surface area contributed by atoms with Crippen LogP contribution in [-0.2, 0) is 19.2 Å². The topological polar surface area (TPSA) is 106 Å². The lowest BCUT2D eigenvalue weighted by Gasteiger charge is -2.32. The van der Waals surface area contributed by atoms with Gasteiger partial charge in [0.05, 0.1) is 7.11 Å². The third kappa shape index (κ3) is 2.81. The second-order valence-electron chi connectivity index (χ2n) is 7.83. The fourth-order valence-corrected chi connectivity index (χ4v) is 6.03. The number of fused-ring (bicyclic) bond motifs is 2. The van der Waals surface area contributed by atoms with E-state index < -0.39 is 26.2 Å². The lowest BCUT2D eigenvalue weighted by Crippen LogP contribution is -2.39. The number of nitriles is 1. The molecule has 8 heteroatoms. The van der Waals surface area contributed by atoms with E-state index in [1.165, 1.54) is 7.11 Å². The van der Waals surface area contributed by atoms with Gasteiger partial charge < -0.3 is 4.74 Å². The van der Waals surface area contributed by atoms with E-state index in [1.54, 1.807) is 24.3 Å². The summed E-state index contributed by atoms with van der Waals surface area (Å²) in [6.07, 6.45) is 1.32. The molecule has 0 amide bonds. The van der Waals surface area contributed by atoms with E-state index in [-0.39, 0.29) is 17.4 Å². The number of carbonyl (C=O) groups is 1. The Morgan fingerprint density at radius 1 is 1.26 bits per heavy atom. The summed E-state index contributed by atoms with van der Waals surface area (Å²) in [5.74, 6) is -0.0451. The van der Waals surface area contributed by atoms with Gasteiger partial charge in [0, 0.05) is 11.0 Å². The molecular formula is C19H22N2O5S. The minimum Gasteiger partial charge on any atom is -0.497 e. The molecule has 1 aromatic rings. The molecule has 2 aliphatic rings. The monoisotopic (exact) mass is 390 g/mol. The third-order valence-corrected chi connectivity index (χ3v) is 7.93. The van der Waals surface area contributed by atoms with Crippen LogP contribution in [0.1, 0.15) is 39.2 Å². The van der Waals surface area contributed by atoms with E-state index in [9.17, 15) is 18.5 Å². The second kappa shape index (κ2) is 6.34. The third-order valence-electron chi connectivity index (χ3n) is 6.48. The standard InChI is InChI=1S/C19H22N2O5S/c1-18(2)14-9-10-19(18,3)17(22)16(14)27(23,24)26-21-15(11-20)12-5-7-13(25-4)8-6-12/h5-8,14,16H,9-10H2,1-4H3. The Balaban J connectivity index is 1.87. The van der Waals surface area contributed by atoms with Crippen molar-refractivity contribution in [2.45, 2.75) is 38.9 Å². The van der Waals surface area contributed by atoms with Crippen molar-refractivity contribution in [1.29, 1.82) is 5.26 Å². The van der Waals surface area contributed by atoms with Gasteiger partial charge in [-0.2, -0.15) is 13.7 Å². The molecule has 0 radical (unpaired) electrons. The van der Waals surface area contributed by atoms with Crippen molar-refractivity contribution in [2.24, 2.45) is 21.9 Å². The fraction of sp³-hybridized carbons (Fsp3) is 0.526. The zero-order valence-corrected chi connectivity index (χ0v) is 16.5. The minimum absolute atomic E-state index is 0.192. The molecule has 2 bridgehead atoms. The summed E-state index contributed by atoms with van der Waals surface area (Å²) in [5.41, 5.74) is -0.915. The van der Waals surface area contributed by atoms with Crippen LogP contribution in [-0.4, -0.2) is 32.3 Å². The molecule has 2 saturated carbocycles. The van der Waals surface area contributed by atoms with Gasteiger partial charge >= 0.3 is 10.1 Å². The number of rotatable bonds is 5. The zero-order valence-electron chi connectivity index (χ0n) is 15.7. The highest BCUT2D eigenvalue weighted by Crippen LogP contribution is 2.65. The van der Waals surface area contributed by atoms with E-state index in [0.29, 0.717) is 24.2 Å². The molecule has 3 unspecified atom stereocenters. The van der Waals surface area contributed by atoms with Gasteiger partial charge in [-0.05, 0) is 48.4 Å². The molecule has 144 valence electrons. The van der Waals surface area contributed by atoms with Gasteiger partial charge in [0.1, 0.15) is 11.8 Å². The molecule has 0 N–H and O–H groups in total. The second-order valence-corrected chi connectivity index (χ2v) is 9.47. The quantitative estimate of drug-likeness (QED) is 0.565. The van der Waals surface area contributed by atoms with Gasteiger partial charge in [0.15, 0.2) is 16.7 Å². The number of hydrogen-bond donors (Lipinski definition) is 0. The maximum atomic E-state index is 12.8. The van der Waals surface area contributed by atoms with Crippen molar-refractivity contribution in [1.82, 2.24) is 0 Å². The number of benzene rings is 1. The van der Waals surface area contributed by atoms with E-state index in [4.69, 9.17) is 9.02 Å². The predicted octanol–water partition coefficient (Wildman–Crippen LogP) is 2.66. The molecule has 27 heavy (non-hydrogen) atoms. The number of methoxy groups -OCH3 is 1. The lowest BCUT2D eigenvalue weighted by atomic mass is 9.70. The van der Waals surface area contributed by atoms with Crippen LogP contribution in [0.5, 0.6) is 5.75 Å². The van der Waals surface area contributed by atoms with Crippen LogP contribution in [0.3, 0.4) is 0 Å². The van der Waals surface area contributed by atoms with Gasteiger partial charge in [0.25, 0.3) is 0 Å². The smallest absolute Gasteiger partial charge is 0.338 e. The number of nitrogens with zero attached hydrogens (tertiary/aromatic N) is 2. The molecule has 2 aliphatic carbocycles. The minimum atomic E-state index is -4.29. The Hall–Kier alpha value is -2.40. The average Bonchev–Trinajstić information content (AvgIpc) is 2.95. The summed E-state index contributed by atoms with van der Waals surface area (Å²) in [6, 6.07) is 8.22. The molecule has 7 nitrogen and oxygen atoms in total. The van der Waals surface area contributed by atoms with Crippen molar-refractivity contribution >= 4 is 21.6 Å². The Morgan fingerprint density at radius 2 is 1.89 bits per heavy atom. The number of hydrogen-bond acceptors (Lipinski definition) is 7. The van der Waals surface area contributed by atoms with Crippen molar-refractivity contribution in [3.63, 3.8) is 0 Å². The summed E-state index contributed by atoms with van der Waals surface area (Å²) in [6.45, 7) is 5.69. The van der Waals surface area contributed by atoms with Crippen molar-refractivity contribution < 1.29 is 22.2 Å². The molecule has 0 saturated heterocycles. The lowest BCUT2D eigenvalue weighted by molar-refractivity contribution is -0.128. The Labute approximate surface area is 159 Å². The highest BCUT2D eigenvalue weighted by molar-refractivity contribution is 7.88. The normalized spacial score (nSPS) is 29.4. The van der Waals surface area contributed by atoms with Crippen LogP contribution in [0.4, 0.5) is 0 Å². The molecule has 0 aliphatic heterocycles. The molecular weight excluding hydrogens is 368 g/mol. The molecule has 0 heterocycles. The molecule has 1 aromatic carbocycles. The number of ether oxygens (including phenoxy) is 1. The number of oxime groups is 1. The fourth-order valence-electron chi connectivity index (χ4n) is 4.36. The first-order chi connectivity index (χ1) is 12.6. The van der Waals surface area contributed by atoms with Crippen LogP contribution in [0.15, 0.2) is 29.4 Å². The summed E-state index contributed by atoms with van der Waals surface area (Å²) in [5, 5.41) is 11.6.